The second-order valence-corrected chi connectivity index (χ2v) is 9.94. The van der Waals surface area contributed by atoms with Crippen molar-refractivity contribution in [3.63, 3.8) is 0 Å². The number of likely N-dealkylation sites (tertiary alicyclic amines) is 1. The SMILES string of the molecule is C[C@H]1CN(c2ccccc2)CCN1C(=O)C[C@@]1(c2ccccc2)CC(=O)N(CCc2ccccn2)C1=O. The summed E-state index contributed by atoms with van der Waals surface area (Å²) in [6.07, 6.45) is 2.17. The Balaban J connectivity index is 1.35. The lowest BCUT2D eigenvalue weighted by Gasteiger charge is -2.42. The third-order valence-corrected chi connectivity index (χ3v) is 7.57. The molecule has 1 aromatic heterocycles. The van der Waals surface area contributed by atoms with Crippen molar-refractivity contribution in [2.24, 2.45) is 0 Å². The lowest BCUT2D eigenvalue weighted by molar-refractivity contribution is -0.143. The van der Waals surface area contributed by atoms with Crippen molar-refractivity contribution in [3.05, 3.63) is 96.3 Å². The molecule has 0 unspecified atom stereocenters. The number of imide groups is 1. The summed E-state index contributed by atoms with van der Waals surface area (Å²) in [5.74, 6) is -0.611. The van der Waals surface area contributed by atoms with Crippen molar-refractivity contribution in [2.45, 2.75) is 37.6 Å². The largest absolute Gasteiger partial charge is 0.368 e. The highest BCUT2D eigenvalue weighted by Gasteiger charge is 2.54. The Morgan fingerprint density at radius 2 is 1.65 bits per heavy atom. The second kappa shape index (κ2) is 10.5. The number of piperazine rings is 1. The maximum absolute atomic E-state index is 13.9. The molecule has 2 saturated heterocycles. The fourth-order valence-electron chi connectivity index (χ4n) is 5.58. The van der Waals surface area contributed by atoms with E-state index in [4.69, 9.17) is 0 Å². The number of hydrogen-bond donors (Lipinski definition) is 0. The van der Waals surface area contributed by atoms with Gasteiger partial charge in [0.1, 0.15) is 0 Å². The van der Waals surface area contributed by atoms with Gasteiger partial charge in [-0.25, -0.2) is 0 Å². The van der Waals surface area contributed by atoms with Crippen molar-refractivity contribution in [3.8, 4) is 0 Å². The Kier molecular flexibility index (Phi) is 7.04. The first-order valence-electron chi connectivity index (χ1n) is 12.9. The molecule has 0 N–H and O–H groups in total. The van der Waals surface area contributed by atoms with Gasteiger partial charge in [0.2, 0.25) is 17.7 Å². The van der Waals surface area contributed by atoms with Crippen LogP contribution in [-0.4, -0.2) is 64.7 Å². The van der Waals surface area contributed by atoms with Crippen LogP contribution in [0, 0.1) is 0 Å². The summed E-state index contributed by atoms with van der Waals surface area (Å²) in [7, 11) is 0. The first-order valence-corrected chi connectivity index (χ1v) is 12.9. The number of para-hydroxylation sites is 1. The van der Waals surface area contributed by atoms with Gasteiger partial charge in [0.15, 0.2) is 0 Å². The molecule has 2 aromatic carbocycles. The predicted molar refractivity (Wildman–Crippen MR) is 142 cm³/mol. The van der Waals surface area contributed by atoms with Gasteiger partial charge in [0.05, 0.1) is 5.41 Å². The van der Waals surface area contributed by atoms with E-state index >= 15 is 0 Å². The fourth-order valence-corrected chi connectivity index (χ4v) is 5.58. The number of nitrogens with zero attached hydrogens (tertiary/aromatic N) is 4. The maximum Gasteiger partial charge on any atom is 0.240 e. The van der Waals surface area contributed by atoms with E-state index in [-0.39, 0.29) is 43.1 Å². The summed E-state index contributed by atoms with van der Waals surface area (Å²) in [5, 5.41) is 0. The summed E-state index contributed by atoms with van der Waals surface area (Å²) in [4.78, 5) is 50.6. The molecule has 7 heteroatoms. The molecule has 37 heavy (non-hydrogen) atoms. The minimum atomic E-state index is -1.18. The summed E-state index contributed by atoms with van der Waals surface area (Å²) in [6, 6.07) is 25.1. The first-order chi connectivity index (χ1) is 18.0. The van der Waals surface area contributed by atoms with Crippen molar-refractivity contribution < 1.29 is 14.4 Å². The lowest BCUT2D eigenvalue weighted by Crippen LogP contribution is -2.55. The number of carbonyl (C=O) groups is 3. The fraction of sp³-hybridized carbons (Fsp3) is 0.333. The van der Waals surface area contributed by atoms with Crippen LogP contribution in [0.4, 0.5) is 5.69 Å². The highest BCUT2D eigenvalue weighted by atomic mass is 16.2. The smallest absolute Gasteiger partial charge is 0.240 e. The lowest BCUT2D eigenvalue weighted by atomic mass is 9.75. The van der Waals surface area contributed by atoms with Gasteiger partial charge in [0, 0.05) is 69.1 Å². The highest BCUT2D eigenvalue weighted by molar-refractivity contribution is 6.10. The summed E-state index contributed by atoms with van der Waals surface area (Å²) in [6.45, 7) is 4.32. The zero-order chi connectivity index (χ0) is 25.8. The molecule has 0 spiro atoms. The van der Waals surface area contributed by atoms with Gasteiger partial charge in [-0.05, 0) is 36.8 Å². The molecule has 3 aromatic rings. The number of carbonyl (C=O) groups excluding carboxylic acids is 3. The molecule has 7 nitrogen and oxygen atoms in total. The van der Waals surface area contributed by atoms with Gasteiger partial charge < -0.3 is 9.80 Å². The minimum Gasteiger partial charge on any atom is -0.368 e. The van der Waals surface area contributed by atoms with E-state index in [0.29, 0.717) is 13.0 Å². The molecule has 2 aliphatic heterocycles. The third-order valence-electron chi connectivity index (χ3n) is 7.57. The molecule has 2 atom stereocenters. The van der Waals surface area contributed by atoms with Crippen LogP contribution in [0.3, 0.4) is 0 Å². The molecule has 3 heterocycles. The summed E-state index contributed by atoms with van der Waals surface area (Å²) < 4.78 is 0. The normalized spacial score (nSPS) is 22.0. The van der Waals surface area contributed by atoms with Gasteiger partial charge in [-0.3, -0.25) is 24.3 Å². The second-order valence-electron chi connectivity index (χ2n) is 9.94. The third kappa shape index (κ3) is 4.99. The number of benzene rings is 2. The van der Waals surface area contributed by atoms with Crippen molar-refractivity contribution in [1.82, 2.24) is 14.8 Å². The zero-order valence-corrected chi connectivity index (χ0v) is 21.1. The number of amides is 3. The van der Waals surface area contributed by atoms with Crippen LogP contribution in [-0.2, 0) is 26.2 Å². The number of anilines is 1. The molecule has 0 bridgehead atoms. The molecule has 3 amide bonds. The Bertz CT molecular complexity index is 1250. The van der Waals surface area contributed by atoms with E-state index in [0.717, 1.165) is 30.0 Å². The topological polar surface area (TPSA) is 73.8 Å². The van der Waals surface area contributed by atoms with E-state index in [9.17, 15) is 14.4 Å². The van der Waals surface area contributed by atoms with Crippen molar-refractivity contribution >= 4 is 23.4 Å². The molecular weight excluding hydrogens is 464 g/mol. The van der Waals surface area contributed by atoms with E-state index in [1.807, 2.05) is 78.6 Å². The molecule has 5 rings (SSSR count). The van der Waals surface area contributed by atoms with Crippen LogP contribution < -0.4 is 4.90 Å². The van der Waals surface area contributed by atoms with Crippen LogP contribution in [0.5, 0.6) is 0 Å². The van der Waals surface area contributed by atoms with E-state index in [1.54, 1.807) is 6.20 Å². The Morgan fingerprint density at radius 1 is 0.946 bits per heavy atom. The van der Waals surface area contributed by atoms with Crippen LogP contribution >= 0.6 is 0 Å². The van der Waals surface area contributed by atoms with Crippen LogP contribution in [0.2, 0.25) is 0 Å². The van der Waals surface area contributed by atoms with E-state index in [2.05, 4.69) is 22.0 Å². The monoisotopic (exact) mass is 496 g/mol. The van der Waals surface area contributed by atoms with Crippen LogP contribution in [0.1, 0.15) is 31.0 Å². The molecule has 2 aliphatic rings. The van der Waals surface area contributed by atoms with Crippen molar-refractivity contribution in [2.75, 3.05) is 31.1 Å². The van der Waals surface area contributed by atoms with Gasteiger partial charge in [-0.2, -0.15) is 0 Å². The first kappa shape index (κ1) is 24.7. The average Bonchev–Trinajstić information content (AvgIpc) is 3.17. The van der Waals surface area contributed by atoms with Gasteiger partial charge >= 0.3 is 0 Å². The Morgan fingerprint density at radius 3 is 2.32 bits per heavy atom. The number of hydrogen-bond acceptors (Lipinski definition) is 5. The maximum atomic E-state index is 13.9. The standard InChI is InChI=1S/C30H32N4O3/c1-23-22-32(26-13-6-3-7-14-26)18-19-33(23)27(35)20-30(24-10-4-2-5-11-24)21-28(36)34(29(30)37)17-15-25-12-8-9-16-31-25/h2-14,16,23H,15,17-22H2,1H3/t23-,30-/m0/s1. The highest BCUT2D eigenvalue weighted by Crippen LogP contribution is 2.40. The average molecular weight is 497 g/mol. The number of rotatable bonds is 7. The van der Waals surface area contributed by atoms with E-state index in [1.165, 1.54) is 4.90 Å². The minimum absolute atomic E-state index is 0.00215. The molecule has 0 saturated carbocycles. The molecule has 2 fully saturated rings. The van der Waals surface area contributed by atoms with Gasteiger partial charge in [-0.15, -0.1) is 0 Å². The van der Waals surface area contributed by atoms with Crippen LogP contribution in [0.15, 0.2) is 85.1 Å². The summed E-state index contributed by atoms with van der Waals surface area (Å²) >= 11 is 0. The molecule has 0 radical (unpaired) electrons. The molecular formula is C30H32N4O3. The van der Waals surface area contributed by atoms with Crippen LogP contribution in [0.25, 0.3) is 0 Å². The Hall–Kier alpha value is -4.00. The van der Waals surface area contributed by atoms with Crippen molar-refractivity contribution in [1.29, 1.82) is 0 Å². The zero-order valence-electron chi connectivity index (χ0n) is 21.1. The molecule has 0 aliphatic carbocycles. The molecule has 190 valence electrons. The van der Waals surface area contributed by atoms with Gasteiger partial charge in [-0.1, -0.05) is 54.6 Å². The van der Waals surface area contributed by atoms with E-state index < -0.39 is 5.41 Å². The predicted octanol–water partition coefficient (Wildman–Crippen LogP) is 3.45. The van der Waals surface area contributed by atoms with Gasteiger partial charge in [0.25, 0.3) is 0 Å². The number of pyridine rings is 1. The number of aromatic nitrogens is 1. The quantitative estimate of drug-likeness (QED) is 0.469. The summed E-state index contributed by atoms with van der Waals surface area (Å²) in [5.41, 5.74) is 1.50. The Labute approximate surface area is 217 Å².